The Balaban J connectivity index is 0. The maximum absolute atomic E-state index is 10.9. The highest BCUT2D eigenvalue weighted by Crippen LogP contribution is 1.96. The molecule has 0 aliphatic rings. The van der Waals surface area contributed by atoms with Crippen LogP contribution in [0.15, 0.2) is 30.3 Å². The lowest BCUT2D eigenvalue weighted by Crippen LogP contribution is -2.21. The van der Waals surface area contributed by atoms with Crippen molar-refractivity contribution in [1.82, 2.24) is 5.32 Å². The van der Waals surface area contributed by atoms with Crippen molar-refractivity contribution in [2.24, 2.45) is 0 Å². The van der Waals surface area contributed by atoms with Gasteiger partial charge in [-0.2, -0.15) is 0 Å². The van der Waals surface area contributed by atoms with E-state index in [4.69, 9.17) is 0 Å². The fourth-order valence-electron chi connectivity index (χ4n) is 0.922. The molecule has 1 aromatic carbocycles. The van der Waals surface area contributed by atoms with Crippen molar-refractivity contribution >= 4 is 11.9 Å². The molecule has 0 aromatic heterocycles. The summed E-state index contributed by atoms with van der Waals surface area (Å²) in [7, 11) is 1.35. The quantitative estimate of drug-likeness (QED) is 0.857. The van der Waals surface area contributed by atoms with Gasteiger partial charge >= 0.3 is 5.97 Å². The van der Waals surface area contributed by atoms with E-state index in [1.54, 1.807) is 0 Å². The van der Waals surface area contributed by atoms with Crippen LogP contribution in [0.2, 0.25) is 0 Å². The van der Waals surface area contributed by atoms with E-state index < -0.39 is 0 Å². The van der Waals surface area contributed by atoms with Crippen LogP contribution in [-0.4, -0.2) is 19.0 Å². The third-order valence-corrected chi connectivity index (χ3v) is 1.94. The molecular weight excluding hydrogens is 242 g/mol. The molecule has 1 aromatic rings. The van der Waals surface area contributed by atoms with Crippen LogP contribution in [0.25, 0.3) is 0 Å². The van der Waals surface area contributed by atoms with Crippen LogP contribution in [-0.2, 0) is 20.9 Å². The maximum Gasteiger partial charge on any atom is 0.302 e. The van der Waals surface area contributed by atoms with Crippen LogP contribution >= 0.6 is 0 Å². The zero-order valence-corrected chi connectivity index (χ0v) is 12.5. The number of carbonyl (C=O) groups is 2. The molecule has 0 radical (unpaired) electrons. The number of rotatable bonds is 3. The third kappa shape index (κ3) is 14.1. The molecule has 0 saturated heterocycles. The highest BCUT2D eigenvalue weighted by atomic mass is 16.5. The van der Waals surface area contributed by atoms with Crippen LogP contribution in [0.5, 0.6) is 0 Å². The van der Waals surface area contributed by atoms with E-state index in [2.05, 4.69) is 10.1 Å². The number of carbonyl (C=O) groups excluding carboxylic acids is 2. The lowest BCUT2D eigenvalue weighted by atomic mass is 10.2. The van der Waals surface area contributed by atoms with Crippen LogP contribution < -0.4 is 5.32 Å². The first-order valence-electron chi connectivity index (χ1n) is 6.45. The maximum atomic E-state index is 10.9. The summed E-state index contributed by atoms with van der Waals surface area (Å²) in [6, 6.07) is 9.89. The lowest BCUT2D eigenvalue weighted by Gasteiger charge is -2.02. The molecule has 108 valence electrons. The fraction of sp³-hybridized carbons (Fsp3) is 0.467. The van der Waals surface area contributed by atoms with Crippen LogP contribution in [0.3, 0.4) is 0 Å². The summed E-state index contributed by atoms with van der Waals surface area (Å²) >= 11 is 0. The second-order valence-electron chi connectivity index (χ2n) is 3.31. The molecule has 0 bridgehead atoms. The van der Waals surface area contributed by atoms with Gasteiger partial charge in [-0.1, -0.05) is 51.1 Å². The van der Waals surface area contributed by atoms with E-state index in [0.29, 0.717) is 13.0 Å². The summed E-state index contributed by atoms with van der Waals surface area (Å²) in [6.07, 6.45) is 0.548. The second kappa shape index (κ2) is 14.2. The molecule has 0 saturated carbocycles. The first-order valence-corrected chi connectivity index (χ1v) is 6.45. The minimum atomic E-state index is -0.245. The van der Waals surface area contributed by atoms with Gasteiger partial charge in [-0.15, -0.1) is 0 Å². The molecule has 1 rings (SSSR count). The predicted molar refractivity (Wildman–Crippen MR) is 77.6 cm³/mol. The van der Waals surface area contributed by atoms with Gasteiger partial charge in [0.05, 0.1) is 7.11 Å². The summed E-state index contributed by atoms with van der Waals surface area (Å²) in [6.45, 7) is 7.84. The van der Waals surface area contributed by atoms with E-state index in [1.807, 2.05) is 51.1 Å². The SMILES string of the molecule is CC.CCC(=O)NCc1ccccc1.COC(C)=O. The Labute approximate surface area is 116 Å². The zero-order valence-electron chi connectivity index (χ0n) is 12.5. The topological polar surface area (TPSA) is 55.4 Å². The normalized spacial score (nSPS) is 8.05. The zero-order chi connectivity index (χ0) is 15.1. The van der Waals surface area contributed by atoms with Crippen LogP contribution in [0.4, 0.5) is 0 Å². The number of esters is 1. The second-order valence-corrected chi connectivity index (χ2v) is 3.31. The largest absolute Gasteiger partial charge is 0.469 e. The van der Waals surface area contributed by atoms with E-state index >= 15 is 0 Å². The fourth-order valence-corrected chi connectivity index (χ4v) is 0.922. The average molecular weight is 267 g/mol. The van der Waals surface area contributed by atoms with Crippen LogP contribution in [0, 0.1) is 0 Å². The number of benzene rings is 1. The molecule has 0 unspecified atom stereocenters. The predicted octanol–water partition coefficient (Wildman–Crippen LogP) is 2.92. The Hall–Kier alpha value is -1.84. The lowest BCUT2D eigenvalue weighted by molar-refractivity contribution is -0.137. The van der Waals surface area contributed by atoms with Gasteiger partial charge in [0.2, 0.25) is 5.91 Å². The van der Waals surface area contributed by atoms with Crippen molar-refractivity contribution in [2.75, 3.05) is 7.11 Å². The Bertz CT molecular complexity index is 337. The van der Waals surface area contributed by atoms with Crippen LogP contribution in [0.1, 0.15) is 39.7 Å². The number of methoxy groups -OCH3 is 1. The molecule has 0 aliphatic heterocycles. The first-order chi connectivity index (χ1) is 9.10. The number of nitrogens with one attached hydrogen (secondary N) is 1. The monoisotopic (exact) mass is 267 g/mol. The van der Waals surface area contributed by atoms with Crippen molar-refractivity contribution in [2.45, 2.75) is 40.7 Å². The number of hydrogen-bond acceptors (Lipinski definition) is 3. The van der Waals surface area contributed by atoms with Gasteiger partial charge < -0.3 is 10.1 Å². The number of ether oxygens (including phenoxy) is 1. The van der Waals surface area contributed by atoms with Crippen molar-refractivity contribution in [1.29, 1.82) is 0 Å². The Kier molecular flexibility index (Phi) is 14.6. The molecule has 0 spiro atoms. The van der Waals surface area contributed by atoms with Gasteiger partial charge in [0.1, 0.15) is 0 Å². The molecule has 4 nitrogen and oxygen atoms in total. The summed E-state index contributed by atoms with van der Waals surface area (Å²) < 4.78 is 4.11. The Morgan fingerprint density at radius 1 is 1.16 bits per heavy atom. The van der Waals surface area contributed by atoms with E-state index in [9.17, 15) is 9.59 Å². The summed E-state index contributed by atoms with van der Waals surface area (Å²) in [5, 5.41) is 2.81. The smallest absolute Gasteiger partial charge is 0.302 e. The first kappa shape index (κ1) is 19.5. The summed E-state index contributed by atoms with van der Waals surface area (Å²) in [5.74, 6) is -0.149. The van der Waals surface area contributed by atoms with E-state index in [1.165, 1.54) is 14.0 Å². The van der Waals surface area contributed by atoms with Crippen molar-refractivity contribution in [3.8, 4) is 0 Å². The van der Waals surface area contributed by atoms with Crippen molar-refractivity contribution in [3.05, 3.63) is 35.9 Å². The molecule has 1 N–H and O–H groups in total. The molecule has 1 amide bonds. The minimum absolute atomic E-state index is 0.0962. The van der Waals surface area contributed by atoms with Gasteiger partial charge in [0, 0.05) is 19.9 Å². The molecule has 4 heteroatoms. The molecule has 0 heterocycles. The van der Waals surface area contributed by atoms with E-state index in [0.717, 1.165) is 5.56 Å². The third-order valence-electron chi connectivity index (χ3n) is 1.94. The summed E-state index contributed by atoms with van der Waals surface area (Å²) in [4.78, 5) is 20.5. The Morgan fingerprint density at radius 2 is 1.63 bits per heavy atom. The van der Waals surface area contributed by atoms with Gasteiger partial charge in [0.25, 0.3) is 0 Å². The molecule has 0 atom stereocenters. The summed E-state index contributed by atoms with van der Waals surface area (Å²) in [5.41, 5.74) is 1.14. The van der Waals surface area contributed by atoms with Gasteiger partial charge in [-0.05, 0) is 5.56 Å². The van der Waals surface area contributed by atoms with E-state index in [-0.39, 0.29) is 11.9 Å². The van der Waals surface area contributed by atoms with Gasteiger partial charge in [-0.3, -0.25) is 9.59 Å². The minimum Gasteiger partial charge on any atom is -0.469 e. The van der Waals surface area contributed by atoms with Crippen molar-refractivity contribution < 1.29 is 14.3 Å². The number of hydrogen-bond donors (Lipinski definition) is 1. The molecular formula is C15H25NO3. The highest BCUT2D eigenvalue weighted by Gasteiger charge is 1.95. The van der Waals surface area contributed by atoms with Crippen molar-refractivity contribution in [3.63, 3.8) is 0 Å². The standard InChI is InChI=1S/C10H13NO.C3H6O2.C2H6/c1-2-10(12)11-8-9-6-4-3-5-7-9;1-3(4)5-2;1-2/h3-7H,2,8H2,1H3,(H,11,12);1-2H3;1-2H3. The molecule has 0 aliphatic carbocycles. The number of amides is 1. The van der Waals surface area contributed by atoms with Gasteiger partial charge in [-0.25, -0.2) is 0 Å². The molecule has 0 fully saturated rings. The average Bonchev–Trinajstić information content (AvgIpc) is 2.48. The molecule has 19 heavy (non-hydrogen) atoms. The highest BCUT2D eigenvalue weighted by molar-refractivity contribution is 5.75. The van der Waals surface area contributed by atoms with Gasteiger partial charge in [0.15, 0.2) is 0 Å². The Morgan fingerprint density at radius 3 is 2.00 bits per heavy atom.